The minimum atomic E-state index is -3.88. The maximum absolute atomic E-state index is 13.1. The normalized spacial score (nSPS) is 20.0. The lowest BCUT2D eigenvalue weighted by molar-refractivity contribution is 0.0296. The topological polar surface area (TPSA) is 226 Å². The molecule has 0 spiro atoms. The van der Waals surface area contributed by atoms with E-state index in [0.29, 0.717) is 24.0 Å². The molecule has 0 saturated heterocycles. The van der Waals surface area contributed by atoms with Crippen molar-refractivity contribution in [2.45, 2.75) is 72.0 Å². The van der Waals surface area contributed by atoms with Crippen molar-refractivity contribution in [2.75, 3.05) is 11.5 Å². The van der Waals surface area contributed by atoms with Gasteiger partial charge in [0.1, 0.15) is 35.9 Å². The molecule has 6 aromatic rings. The molecule has 14 nitrogen and oxygen atoms in total. The Bertz CT molecular complexity index is 2650. The number of phenols is 2. The van der Waals surface area contributed by atoms with Gasteiger partial charge < -0.3 is 40.5 Å². The summed E-state index contributed by atoms with van der Waals surface area (Å²) in [7, 11) is -7.76. The highest BCUT2D eigenvalue weighted by molar-refractivity contribution is 7.91. The smallest absolute Gasteiger partial charge is 0.407 e. The van der Waals surface area contributed by atoms with Crippen LogP contribution in [0.1, 0.15) is 46.2 Å². The van der Waals surface area contributed by atoms with Gasteiger partial charge in [0, 0.05) is 24.9 Å². The summed E-state index contributed by atoms with van der Waals surface area (Å²) in [5.41, 5.74) is 0.870. The predicted octanol–water partition coefficient (Wildman–Crippen LogP) is 6.59. The molecule has 8 rings (SSSR count). The number of aliphatic hydroxyl groups is 2. The first-order valence-corrected chi connectivity index (χ1v) is 24.4. The van der Waals surface area contributed by atoms with Crippen molar-refractivity contribution in [3.63, 3.8) is 0 Å². The molecule has 0 unspecified atom stereocenters. The van der Waals surface area contributed by atoms with E-state index in [9.17, 15) is 46.9 Å². The molecule has 2 aliphatic carbocycles. The Morgan fingerprint density at radius 2 is 0.833 bits per heavy atom. The lowest BCUT2D eigenvalue weighted by Gasteiger charge is -2.38. The molecule has 0 radical (unpaired) electrons. The summed E-state index contributed by atoms with van der Waals surface area (Å²) in [5, 5.41) is 47.6. The zero-order valence-electron chi connectivity index (χ0n) is 35.7. The van der Waals surface area contributed by atoms with Crippen LogP contribution in [0.15, 0.2) is 168 Å². The fraction of sp³-hybridized carbons (Fsp3) is 0.240. The number of ether oxygens (including phenoxy) is 2. The van der Waals surface area contributed by atoms with Crippen LogP contribution < -0.4 is 10.6 Å². The van der Waals surface area contributed by atoms with Gasteiger partial charge in [-0.2, -0.15) is 0 Å². The minimum Gasteiger partial charge on any atom is -0.508 e. The maximum atomic E-state index is 13.1. The third-order valence-corrected chi connectivity index (χ3v) is 15.2. The van der Waals surface area contributed by atoms with E-state index in [0.717, 1.165) is 22.3 Å². The first kappa shape index (κ1) is 47.2. The van der Waals surface area contributed by atoms with Crippen LogP contribution in [0.5, 0.6) is 11.5 Å². The van der Waals surface area contributed by atoms with Crippen LogP contribution in [0.2, 0.25) is 0 Å². The molecule has 16 heteroatoms. The van der Waals surface area contributed by atoms with E-state index in [-0.39, 0.29) is 47.3 Å². The summed E-state index contributed by atoms with van der Waals surface area (Å²) >= 11 is 0. The van der Waals surface area contributed by atoms with Crippen molar-refractivity contribution >= 4 is 31.9 Å². The van der Waals surface area contributed by atoms with Gasteiger partial charge in [0.05, 0.1) is 21.3 Å². The summed E-state index contributed by atoms with van der Waals surface area (Å²) in [6.45, 7) is 0.213. The number of carbonyl (C=O) groups excluding carboxylic acids is 2. The van der Waals surface area contributed by atoms with E-state index >= 15 is 0 Å². The van der Waals surface area contributed by atoms with Gasteiger partial charge in [-0.3, -0.25) is 0 Å². The number of aromatic hydroxyl groups is 2. The van der Waals surface area contributed by atoms with Crippen LogP contribution in [0, 0.1) is 0 Å². The minimum absolute atomic E-state index is 0.00330. The third kappa shape index (κ3) is 11.9. The first-order chi connectivity index (χ1) is 31.5. The standard InChI is InChI=1S/2C25H25NO6S/c2*27-21-10-12-22(13-11-21)33(30,31)17-25(29)15-20(14-19-8-4-5-9-23(19)25)26-24(28)32-16-18-6-2-1-3-7-18/h2*1-13,20,27,29H,14-17H2,(H,26,28)/t20-,25+;20-,25-/m00/s1. The lowest BCUT2D eigenvalue weighted by Crippen LogP contribution is -2.49. The Kier molecular flexibility index (Phi) is 14.5. The van der Waals surface area contributed by atoms with Crippen molar-refractivity contribution in [2.24, 2.45) is 0 Å². The number of fused-ring (bicyclic) bond motifs is 2. The van der Waals surface area contributed by atoms with Crippen LogP contribution in [0.3, 0.4) is 0 Å². The van der Waals surface area contributed by atoms with Gasteiger partial charge in [-0.05, 0) is 94.8 Å². The Labute approximate surface area is 383 Å². The van der Waals surface area contributed by atoms with Crippen LogP contribution in [0.4, 0.5) is 9.59 Å². The van der Waals surface area contributed by atoms with Gasteiger partial charge in [0.15, 0.2) is 19.7 Å². The highest BCUT2D eigenvalue weighted by atomic mass is 32.2. The number of benzene rings is 6. The summed E-state index contributed by atoms with van der Waals surface area (Å²) < 4.78 is 62.8. The fourth-order valence-corrected chi connectivity index (χ4v) is 11.7. The zero-order chi connectivity index (χ0) is 47.0. The van der Waals surface area contributed by atoms with Crippen molar-refractivity contribution in [3.8, 4) is 11.5 Å². The Morgan fingerprint density at radius 1 is 0.500 bits per heavy atom. The molecule has 0 aromatic heterocycles. The second-order valence-electron chi connectivity index (χ2n) is 16.5. The first-order valence-electron chi connectivity index (χ1n) is 21.1. The molecule has 0 aliphatic heterocycles. The highest BCUT2D eigenvalue weighted by Crippen LogP contribution is 2.39. The Hall–Kier alpha value is -6.72. The molecular formula is C50H50N2O12S2. The van der Waals surface area contributed by atoms with E-state index in [2.05, 4.69) is 10.6 Å². The average Bonchev–Trinajstić information content (AvgIpc) is 3.28. The monoisotopic (exact) mass is 934 g/mol. The number of hydrogen-bond donors (Lipinski definition) is 6. The second kappa shape index (κ2) is 20.2. The number of alkyl carbamates (subject to hydrolysis) is 2. The quantitative estimate of drug-likeness (QED) is 0.0765. The van der Waals surface area contributed by atoms with Crippen molar-refractivity contribution in [1.82, 2.24) is 10.6 Å². The van der Waals surface area contributed by atoms with Crippen molar-refractivity contribution < 1.29 is 56.3 Å². The van der Waals surface area contributed by atoms with Crippen LogP contribution in [-0.2, 0) is 66.4 Å². The van der Waals surface area contributed by atoms with E-state index in [4.69, 9.17) is 9.47 Å². The fourth-order valence-electron chi connectivity index (χ4n) is 8.46. The number of carbonyl (C=O) groups is 2. The summed E-state index contributed by atoms with van der Waals surface area (Å²) in [6.07, 6.45) is -0.348. The van der Waals surface area contributed by atoms with E-state index in [1.54, 1.807) is 24.3 Å². The predicted molar refractivity (Wildman–Crippen MR) is 245 cm³/mol. The van der Waals surface area contributed by atoms with Crippen molar-refractivity contribution in [1.29, 1.82) is 0 Å². The number of phenolic OH excluding ortho intramolecular Hbond substituents is 2. The van der Waals surface area contributed by atoms with Gasteiger partial charge in [0.25, 0.3) is 0 Å². The number of sulfone groups is 2. The van der Waals surface area contributed by atoms with Gasteiger partial charge in [-0.25, -0.2) is 26.4 Å². The lowest BCUT2D eigenvalue weighted by atomic mass is 9.78. The molecule has 0 saturated carbocycles. The highest BCUT2D eigenvalue weighted by Gasteiger charge is 2.44. The molecule has 0 fully saturated rings. The molecule has 6 aromatic carbocycles. The van der Waals surface area contributed by atoms with Crippen LogP contribution in [-0.4, -0.2) is 73.0 Å². The number of rotatable bonds is 12. The summed E-state index contributed by atoms with van der Waals surface area (Å²) in [6, 6.07) is 42.1. The van der Waals surface area contributed by atoms with Gasteiger partial charge in [-0.15, -0.1) is 0 Å². The Morgan fingerprint density at radius 3 is 1.20 bits per heavy atom. The van der Waals surface area contributed by atoms with E-state index in [1.807, 2.05) is 84.9 Å². The summed E-state index contributed by atoms with van der Waals surface area (Å²) in [4.78, 5) is 24.8. The van der Waals surface area contributed by atoms with Gasteiger partial charge >= 0.3 is 12.2 Å². The largest absolute Gasteiger partial charge is 0.508 e. The molecular weight excluding hydrogens is 885 g/mol. The molecule has 6 N–H and O–H groups in total. The second-order valence-corrected chi connectivity index (χ2v) is 20.5. The molecule has 4 atom stereocenters. The van der Waals surface area contributed by atoms with E-state index in [1.165, 1.54) is 48.5 Å². The molecule has 2 amide bonds. The third-order valence-electron chi connectivity index (χ3n) is 11.5. The van der Waals surface area contributed by atoms with Gasteiger partial charge in [0.2, 0.25) is 0 Å². The molecule has 2 aliphatic rings. The van der Waals surface area contributed by atoms with Gasteiger partial charge in [-0.1, -0.05) is 109 Å². The number of hydrogen-bond acceptors (Lipinski definition) is 12. The van der Waals surface area contributed by atoms with Crippen LogP contribution in [0.25, 0.3) is 0 Å². The maximum Gasteiger partial charge on any atom is 0.407 e. The molecule has 344 valence electrons. The molecule has 0 heterocycles. The van der Waals surface area contributed by atoms with Crippen LogP contribution >= 0.6 is 0 Å². The summed E-state index contributed by atoms with van der Waals surface area (Å²) in [5.74, 6) is -1.21. The average molecular weight is 935 g/mol. The molecule has 0 bridgehead atoms. The molecule has 66 heavy (non-hydrogen) atoms. The number of nitrogens with one attached hydrogen (secondary N) is 2. The van der Waals surface area contributed by atoms with Crippen molar-refractivity contribution in [3.05, 3.63) is 191 Å². The SMILES string of the molecule is O=C(N[C@H]1Cc2ccccc2[C@@](O)(CS(=O)(=O)c2ccc(O)cc2)C1)OCc1ccccc1.O=C(N[C@H]1Cc2ccccc2[C@](O)(CS(=O)(=O)c2ccc(O)cc2)C1)OCc1ccccc1. The van der Waals surface area contributed by atoms with E-state index < -0.39 is 66.7 Å². The number of amides is 2. The zero-order valence-corrected chi connectivity index (χ0v) is 37.3. The Balaban J connectivity index is 0.000000196.